The number of amides is 2. The Morgan fingerprint density at radius 3 is 2.63 bits per heavy atom. The number of carbonyl (C=O) groups excluding carboxylic acids is 3. The van der Waals surface area contributed by atoms with Crippen molar-refractivity contribution in [3.8, 4) is 5.75 Å². The highest BCUT2D eigenvalue weighted by atomic mass is 35.5. The molecule has 2 saturated heterocycles. The van der Waals surface area contributed by atoms with Crippen LogP contribution in [0.25, 0.3) is 0 Å². The number of phenols is 1. The van der Waals surface area contributed by atoms with Crippen LogP contribution in [0, 0.1) is 5.92 Å². The van der Waals surface area contributed by atoms with Gasteiger partial charge in [-0.25, -0.2) is 0 Å². The number of piperidine rings is 1. The van der Waals surface area contributed by atoms with Crippen LogP contribution in [0.15, 0.2) is 18.2 Å². The van der Waals surface area contributed by atoms with Crippen LogP contribution in [0.2, 0.25) is 5.02 Å². The predicted octanol–water partition coefficient (Wildman–Crippen LogP) is 1.29. The van der Waals surface area contributed by atoms with Gasteiger partial charge in [0.2, 0.25) is 5.91 Å². The van der Waals surface area contributed by atoms with E-state index in [0.29, 0.717) is 19.1 Å². The van der Waals surface area contributed by atoms with Crippen LogP contribution < -0.4 is 5.32 Å². The highest BCUT2D eigenvalue weighted by molar-refractivity contribution is 6.32. The monoisotopic (exact) mass is 393 g/mol. The number of aldehydes is 1. The number of aromatic hydroxyl groups is 1. The molecule has 3 rings (SSSR count). The third-order valence-corrected chi connectivity index (χ3v) is 5.73. The maximum atomic E-state index is 12.4. The fraction of sp³-hybridized carbons (Fsp3) is 0.526. The van der Waals surface area contributed by atoms with Crippen LogP contribution in [0.3, 0.4) is 0 Å². The minimum Gasteiger partial charge on any atom is -0.506 e. The number of likely N-dealkylation sites (tertiary alicyclic amines) is 2. The van der Waals surface area contributed by atoms with Crippen LogP contribution >= 0.6 is 11.6 Å². The van der Waals surface area contributed by atoms with Crippen molar-refractivity contribution in [1.82, 2.24) is 15.1 Å². The number of phenolic OH excluding ortho intramolecular Hbond substituents is 1. The molecule has 2 heterocycles. The van der Waals surface area contributed by atoms with E-state index in [1.54, 1.807) is 4.90 Å². The molecule has 2 fully saturated rings. The summed E-state index contributed by atoms with van der Waals surface area (Å²) >= 11 is 5.73. The molecule has 0 saturated carbocycles. The van der Waals surface area contributed by atoms with Crippen molar-refractivity contribution in [3.63, 3.8) is 0 Å². The molecule has 2 amide bonds. The van der Waals surface area contributed by atoms with Gasteiger partial charge in [0.25, 0.3) is 5.91 Å². The Bertz CT molecular complexity index is 719. The molecule has 2 aliphatic rings. The van der Waals surface area contributed by atoms with Crippen molar-refractivity contribution >= 4 is 29.7 Å². The van der Waals surface area contributed by atoms with Crippen molar-refractivity contribution in [2.75, 3.05) is 32.7 Å². The topological polar surface area (TPSA) is 90.0 Å². The summed E-state index contributed by atoms with van der Waals surface area (Å²) in [5.41, 5.74) is 0.252. The summed E-state index contributed by atoms with van der Waals surface area (Å²) in [5, 5.41) is 12.3. The van der Waals surface area contributed by atoms with Gasteiger partial charge in [-0.3, -0.25) is 14.5 Å². The molecule has 1 aromatic carbocycles. The van der Waals surface area contributed by atoms with Crippen molar-refractivity contribution in [2.45, 2.75) is 25.3 Å². The van der Waals surface area contributed by atoms with E-state index < -0.39 is 5.91 Å². The van der Waals surface area contributed by atoms with Crippen molar-refractivity contribution < 1.29 is 19.5 Å². The van der Waals surface area contributed by atoms with E-state index in [2.05, 4.69) is 10.2 Å². The molecule has 2 N–H and O–H groups in total. The SMILES string of the molecule is O=CC1CCN(C2CCN(C(=O)CNC(=O)c3ccc(Cl)c(O)c3)C2)CC1. The number of halogens is 1. The van der Waals surface area contributed by atoms with Crippen LogP contribution in [0.4, 0.5) is 0 Å². The average molecular weight is 394 g/mol. The molecule has 1 atom stereocenters. The minimum atomic E-state index is -0.429. The third-order valence-electron chi connectivity index (χ3n) is 5.41. The zero-order valence-corrected chi connectivity index (χ0v) is 15.8. The summed E-state index contributed by atoms with van der Waals surface area (Å²) in [7, 11) is 0. The Morgan fingerprint density at radius 2 is 1.96 bits per heavy atom. The Kier molecular flexibility index (Phi) is 6.34. The summed E-state index contributed by atoms with van der Waals surface area (Å²) < 4.78 is 0. The summed E-state index contributed by atoms with van der Waals surface area (Å²) in [6.45, 7) is 3.04. The molecule has 0 bridgehead atoms. The van der Waals surface area contributed by atoms with E-state index >= 15 is 0 Å². The molecular formula is C19H24ClN3O4. The highest BCUT2D eigenvalue weighted by Gasteiger charge is 2.32. The Morgan fingerprint density at radius 1 is 1.22 bits per heavy atom. The molecule has 0 radical (unpaired) electrons. The van der Waals surface area contributed by atoms with Crippen LogP contribution in [0.5, 0.6) is 5.75 Å². The molecule has 146 valence electrons. The van der Waals surface area contributed by atoms with Gasteiger partial charge in [0.15, 0.2) is 0 Å². The van der Waals surface area contributed by atoms with Crippen molar-refractivity contribution in [2.24, 2.45) is 5.92 Å². The first-order valence-electron chi connectivity index (χ1n) is 9.21. The number of rotatable bonds is 5. The lowest BCUT2D eigenvalue weighted by molar-refractivity contribution is -0.129. The molecule has 2 aliphatic heterocycles. The number of hydrogen-bond acceptors (Lipinski definition) is 5. The maximum Gasteiger partial charge on any atom is 0.251 e. The lowest BCUT2D eigenvalue weighted by atomic mass is 9.97. The number of benzene rings is 1. The number of nitrogens with zero attached hydrogens (tertiary/aromatic N) is 2. The quantitative estimate of drug-likeness (QED) is 0.736. The molecule has 1 unspecified atom stereocenters. The molecule has 0 aliphatic carbocycles. The minimum absolute atomic E-state index is 0.0812. The van der Waals surface area contributed by atoms with E-state index in [1.807, 2.05) is 0 Å². The third kappa shape index (κ3) is 4.78. The second-order valence-electron chi connectivity index (χ2n) is 7.14. The first kappa shape index (κ1) is 19.6. The normalized spacial score (nSPS) is 21.2. The van der Waals surface area contributed by atoms with Gasteiger partial charge in [-0.15, -0.1) is 0 Å². The molecule has 0 aromatic heterocycles. The van der Waals surface area contributed by atoms with E-state index in [4.69, 9.17) is 11.6 Å². The van der Waals surface area contributed by atoms with Crippen LogP contribution in [-0.2, 0) is 9.59 Å². The van der Waals surface area contributed by atoms with Gasteiger partial charge in [0.05, 0.1) is 11.6 Å². The smallest absolute Gasteiger partial charge is 0.251 e. The summed E-state index contributed by atoms with van der Waals surface area (Å²) in [6, 6.07) is 4.53. The van der Waals surface area contributed by atoms with E-state index in [0.717, 1.165) is 38.6 Å². The first-order valence-corrected chi connectivity index (χ1v) is 9.59. The van der Waals surface area contributed by atoms with Gasteiger partial charge in [0, 0.05) is 30.6 Å². The lowest BCUT2D eigenvalue weighted by Gasteiger charge is -2.34. The molecule has 1 aromatic rings. The maximum absolute atomic E-state index is 12.4. The molecule has 27 heavy (non-hydrogen) atoms. The van der Waals surface area contributed by atoms with Crippen LogP contribution in [-0.4, -0.2) is 71.8 Å². The van der Waals surface area contributed by atoms with Gasteiger partial charge in [-0.1, -0.05) is 11.6 Å². The van der Waals surface area contributed by atoms with Gasteiger partial charge in [-0.05, 0) is 50.6 Å². The van der Waals surface area contributed by atoms with E-state index in [9.17, 15) is 19.5 Å². The fourth-order valence-electron chi connectivity index (χ4n) is 3.71. The first-order chi connectivity index (χ1) is 13.0. The molecular weight excluding hydrogens is 370 g/mol. The number of carbonyl (C=O) groups is 3. The van der Waals surface area contributed by atoms with Gasteiger partial charge in [0.1, 0.15) is 12.0 Å². The summed E-state index contributed by atoms with van der Waals surface area (Å²) in [5.74, 6) is -0.548. The lowest BCUT2D eigenvalue weighted by Crippen LogP contribution is -2.45. The summed E-state index contributed by atoms with van der Waals surface area (Å²) in [6.07, 6.45) is 3.73. The molecule has 7 nitrogen and oxygen atoms in total. The predicted molar refractivity (Wildman–Crippen MR) is 101 cm³/mol. The summed E-state index contributed by atoms with van der Waals surface area (Å²) in [4.78, 5) is 39.5. The van der Waals surface area contributed by atoms with E-state index in [-0.39, 0.29) is 34.7 Å². The number of nitrogens with one attached hydrogen (secondary N) is 1. The second kappa shape index (κ2) is 8.71. The Labute approximate surface area is 163 Å². The number of hydrogen-bond donors (Lipinski definition) is 2. The standard InChI is InChI=1S/C19H24ClN3O4/c20-16-2-1-14(9-17(16)25)19(27)21-10-18(26)23-8-5-15(11-23)22-6-3-13(12-24)4-7-22/h1-2,9,12-13,15,25H,3-8,10-11H2,(H,21,27). The second-order valence-corrected chi connectivity index (χ2v) is 7.55. The van der Waals surface area contributed by atoms with Gasteiger partial charge in [-0.2, -0.15) is 0 Å². The van der Waals surface area contributed by atoms with Crippen molar-refractivity contribution in [3.05, 3.63) is 28.8 Å². The molecule has 8 heteroatoms. The fourth-order valence-corrected chi connectivity index (χ4v) is 3.83. The van der Waals surface area contributed by atoms with Gasteiger partial charge < -0.3 is 20.1 Å². The van der Waals surface area contributed by atoms with Gasteiger partial charge >= 0.3 is 0 Å². The van der Waals surface area contributed by atoms with Crippen LogP contribution in [0.1, 0.15) is 29.6 Å². The average Bonchev–Trinajstić information content (AvgIpc) is 3.18. The Balaban J connectivity index is 1.45. The van der Waals surface area contributed by atoms with E-state index in [1.165, 1.54) is 18.2 Å². The Hall–Kier alpha value is -2.12. The zero-order chi connectivity index (χ0) is 19.4. The zero-order valence-electron chi connectivity index (χ0n) is 15.1. The highest BCUT2D eigenvalue weighted by Crippen LogP contribution is 2.24. The largest absolute Gasteiger partial charge is 0.506 e. The van der Waals surface area contributed by atoms with Crippen molar-refractivity contribution in [1.29, 1.82) is 0 Å². The molecule has 0 spiro atoms.